The number of anilines is 1. The molecule has 1 heterocycles. The largest absolute Gasteiger partial charge is 0.506 e. The lowest BCUT2D eigenvalue weighted by Crippen LogP contribution is -2.29. The van der Waals surface area contributed by atoms with E-state index < -0.39 is 29.5 Å². The SMILES string of the molecule is COC(=O)c1cccc(N2C(=O)C(=O)/C(=C(/O)c3c(OC)cccc3OC)C2c2ccccc2)c1. The Labute approximate surface area is 202 Å². The molecule has 3 aromatic rings. The lowest BCUT2D eigenvalue weighted by molar-refractivity contribution is -0.132. The van der Waals surface area contributed by atoms with E-state index in [9.17, 15) is 19.5 Å². The van der Waals surface area contributed by atoms with Crippen LogP contribution in [0.15, 0.2) is 78.4 Å². The van der Waals surface area contributed by atoms with Gasteiger partial charge in [0, 0.05) is 5.69 Å². The maximum absolute atomic E-state index is 13.4. The molecule has 0 saturated carbocycles. The highest BCUT2D eigenvalue weighted by Gasteiger charge is 2.47. The minimum Gasteiger partial charge on any atom is -0.506 e. The molecule has 1 amide bonds. The summed E-state index contributed by atoms with van der Waals surface area (Å²) < 4.78 is 15.6. The maximum atomic E-state index is 13.4. The average molecular weight is 473 g/mol. The first-order valence-electron chi connectivity index (χ1n) is 10.7. The van der Waals surface area contributed by atoms with Gasteiger partial charge in [-0.25, -0.2) is 4.79 Å². The van der Waals surface area contributed by atoms with Crippen molar-refractivity contribution in [2.45, 2.75) is 6.04 Å². The van der Waals surface area contributed by atoms with Gasteiger partial charge in [0.1, 0.15) is 22.8 Å². The van der Waals surface area contributed by atoms with Crippen LogP contribution in [0.2, 0.25) is 0 Å². The first kappa shape index (κ1) is 23.6. The summed E-state index contributed by atoms with van der Waals surface area (Å²) in [6.07, 6.45) is 0. The van der Waals surface area contributed by atoms with Gasteiger partial charge in [0.15, 0.2) is 0 Å². The number of hydrogen-bond acceptors (Lipinski definition) is 7. The minimum atomic E-state index is -0.973. The molecule has 0 radical (unpaired) electrons. The van der Waals surface area contributed by atoms with Gasteiger partial charge in [0.2, 0.25) is 0 Å². The van der Waals surface area contributed by atoms with Crippen molar-refractivity contribution in [3.63, 3.8) is 0 Å². The Balaban J connectivity index is 1.99. The molecule has 0 bridgehead atoms. The van der Waals surface area contributed by atoms with Gasteiger partial charge >= 0.3 is 5.97 Å². The van der Waals surface area contributed by atoms with Crippen LogP contribution in [0.4, 0.5) is 5.69 Å². The van der Waals surface area contributed by atoms with Gasteiger partial charge in [-0.15, -0.1) is 0 Å². The summed E-state index contributed by atoms with van der Waals surface area (Å²) >= 11 is 0. The van der Waals surface area contributed by atoms with E-state index in [4.69, 9.17) is 14.2 Å². The number of carbonyl (C=O) groups is 3. The fraction of sp³-hybridized carbons (Fsp3) is 0.148. The van der Waals surface area contributed by atoms with E-state index in [0.717, 1.165) is 0 Å². The van der Waals surface area contributed by atoms with Crippen LogP contribution in [0.1, 0.15) is 27.5 Å². The van der Waals surface area contributed by atoms with E-state index in [1.54, 1.807) is 66.7 Å². The number of hydrogen-bond donors (Lipinski definition) is 1. The van der Waals surface area contributed by atoms with E-state index in [1.165, 1.54) is 32.3 Å². The number of amides is 1. The Morgan fingerprint density at radius 3 is 2.09 bits per heavy atom. The second-order valence-electron chi connectivity index (χ2n) is 7.66. The highest BCUT2D eigenvalue weighted by molar-refractivity contribution is 6.51. The van der Waals surface area contributed by atoms with Gasteiger partial charge in [0.05, 0.1) is 38.5 Å². The summed E-state index contributed by atoms with van der Waals surface area (Å²) in [6, 6.07) is 19.0. The van der Waals surface area contributed by atoms with E-state index in [2.05, 4.69) is 0 Å². The number of aliphatic hydroxyl groups is 1. The van der Waals surface area contributed by atoms with Crippen LogP contribution in [0.3, 0.4) is 0 Å². The number of rotatable bonds is 6. The maximum Gasteiger partial charge on any atom is 0.337 e. The van der Waals surface area contributed by atoms with Crippen molar-refractivity contribution in [1.82, 2.24) is 0 Å². The van der Waals surface area contributed by atoms with Gasteiger partial charge in [-0.05, 0) is 35.9 Å². The van der Waals surface area contributed by atoms with Crippen LogP contribution in [0.5, 0.6) is 11.5 Å². The van der Waals surface area contributed by atoms with Crippen LogP contribution in [0, 0.1) is 0 Å². The highest BCUT2D eigenvalue weighted by Crippen LogP contribution is 2.45. The van der Waals surface area contributed by atoms with Crippen molar-refractivity contribution in [3.05, 3.63) is 95.1 Å². The lowest BCUT2D eigenvalue weighted by Gasteiger charge is -2.26. The van der Waals surface area contributed by atoms with Gasteiger partial charge in [-0.1, -0.05) is 42.5 Å². The molecule has 0 aliphatic carbocycles. The number of carbonyl (C=O) groups excluding carboxylic acids is 3. The minimum absolute atomic E-state index is 0.132. The van der Waals surface area contributed by atoms with Crippen molar-refractivity contribution in [1.29, 1.82) is 0 Å². The van der Waals surface area contributed by atoms with Crippen LogP contribution < -0.4 is 14.4 Å². The van der Waals surface area contributed by atoms with Gasteiger partial charge in [0.25, 0.3) is 11.7 Å². The normalized spacial score (nSPS) is 16.8. The Morgan fingerprint density at radius 1 is 0.857 bits per heavy atom. The Morgan fingerprint density at radius 2 is 1.49 bits per heavy atom. The molecule has 8 nitrogen and oxygen atoms in total. The Kier molecular flexibility index (Phi) is 6.55. The molecular weight excluding hydrogens is 450 g/mol. The molecule has 178 valence electrons. The van der Waals surface area contributed by atoms with Crippen molar-refractivity contribution >= 4 is 29.1 Å². The van der Waals surface area contributed by atoms with E-state index in [-0.39, 0.29) is 28.2 Å². The number of aliphatic hydroxyl groups excluding tert-OH is 1. The Bertz CT molecular complexity index is 1310. The number of esters is 1. The van der Waals surface area contributed by atoms with Gasteiger partial charge < -0.3 is 19.3 Å². The van der Waals surface area contributed by atoms with Crippen molar-refractivity contribution in [2.24, 2.45) is 0 Å². The van der Waals surface area contributed by atoms with Crippen LogP contribution in [-0.4, -0.2) is 44.1 Å². The van der Waals surface area contributed by atoms with Gasteiger partial charge in [-0.3, -0.25) is 14.5 Å². The molecule has 8 heteroatoms. The van der Waals surface area contributed by atoms with E-state index in [1.807, 2.05) is 0 Å². The first-order chi connectivity index (χ1) is 16.9. The summed E-state index contributed by atoms with van der Waals surface area (Å²) in [7, 11) is 4.11. The molecule has 3 aromatic carbocycles. The molecule has 1 aliphatic heterocycles. The van der Waals surface area contributed by atoms with Crippen LogP contribution in [-0.2, 0) is 14.3 Å². The van der Waals surface area contributed by atoms with Crippen LogP contribution in [0.25, 0.3) is 5.76 Å². The summed E-state index contributed by atoms with van der Waals surface area (Å²) in [5.41, 5.74) is 1.12. The molecule has 1 N–H and O–H groups in total. The van der Waals surface area contributed by atoms with E-state index >= 15 is 0 Å². The zero-order chi connectivity index (χ0) is 25.1. The number of benzene rings is 3. The predicted molar refractivity (Wildman–Crippen MR) is 129 cm³/mol. The first-order valence-corrected chi connectivity index (χ1v) is 10.7. The molecule has 1 saturated heterocycles. The number of ether oxygens (including phenoxy) is 3. The topological polar surface area (TPSA) is 102 Å². The quantitative estimate of drug-likeness (QED) is 0.249. The monoisotopic (exact) mass is 473 g/mol. The Hall–Kier alpha value is -4.59. The molecule has 0 aromatic heterocycles. The fourth-order valence-corrected chi connectivity index (χ4v) is 4.17. The van der Waals surface area contributed by atoms with Crippen molar-refractivity contribution < 1.29 is 33.7 Å². The van der Waals surface area contributed by atoms with Crippen LogP contribution >= 0.6 is 0 Å². The molecule has 1 fully saturated rings. The molecule has 35 heavy (non-hydrogen) atoms. The van der Waals surface area contributed by atoms with Crippen molar-refractivity contribution in [3.8, 4) is 11.5 Å². The third-order valence-electron chi connectivity index (χ3n) is 5.77. The molecular formula is C27H23NO7. The molecule has 0 spiro atoms. The number of Topliss-reactive ketones (excluding diaryl/α,β-unsaturated/α-hetero) is 1. The average Bonchev–Trinajstić information content (AvgIpc) is 3.17. The molecule has 4 rings (SSSR count). The fourth-order valence-electron chi connectivity index (χ4n) is 4.17. The summed E-state index contributed by atoms with van der Waals surface area (Å²) in [4.78, 5) is 40.1. The van der Waals surface area contributed by atoms with Gasteiger partial charge in [-0.2, -0.15) is 0 Å². The summed E-state index contributed by atoms with van der Waals surface area (Å²) in [6.45, 7) is 0. The second kappa shape index (κ2) is 9.72. The number of ketones is 1. The molecule has 1 unspecified atom stereocenters. The predicted octanol–water partition coefficient (Wildman–Crippen LogP) is 4.12. The van der Waals surface area contributed by atoms with Crippen molar-refractivity contribution in [2.75, 3.05) is 26.2 Å². The zero-order valence-electron chi connectivity index (χ0n) is 19.3. The number of nitrogens with zero attached hydrogens (tertiary/aromatic N) is 1. The zero-order valence-corrected chi connectivity index (χ0v) is 19.3. The lowest BCUT2D eigenvalue weighted by atomic mass is 9.94. The standard InChI is InChI=1S/C27H23NO7/c1-33-19-13-8-14-20(34-2)21(19)24(29)22-23(16-9-5-4-6-10-16)28(26(31)25(22)30)18-12-7-11-17(15-18)27(32)35-3/h4-15,23,29H,1-3H3/b24-22+. The molecule has 1 atom stereocenters. The molecule has 1 aliphatic rings. The second-order valence-corrected chi connectivity index (χ2v) is 7.66. The smallest absolute Gasteiger partial charge is 0.337 e. The third-order valence-corrected chi connectivity index (χ3v) is 5.77. The van der Waals surface area contributed by atoms with E-state index in [0.29, 0.717) is 11.3 Å². The summed E-state index contributed by atoms with van der Waals surface area (Å²) in [5, 5.41) is 11.5. The summed E-state index contributed by atoms with van der Waals surface area (Å²) in [5.74, 6) is -2.21. The number of methoxy groups -OCH3 is 3. The highest BCUT2D eigenvalue weighted by atomic mass is 16.5. The third kappa shape index (κ3) is 4.10.